The van der Waals surface area contributed by atoms with Crippen molar-refractivity contribution in [2.24, 2.45) is 0 Å². The molecule has 0 aliphatic heterocycles. The van der Waals surface area contributed by atoms with Gasteiger partial charge in [-0.25, -0.2) is 0 Å². The first-order chi connectivity index (χ1) is 7.63. The molecule has 0 spiro atoms. The summed E-state index contributed by atoms with van der Waals surface area (Å²) < 4.78 is 4.50. The molecule has 0 aromatic heterocycles. The van der Waals surface area contributed by atoms with E-state index in [9.17, 15) is 4.79 Å². The van der Waals surface area contributed by atoms with Gasteiger partial charge in [0.1, 0.15) is 0 Å². The average molecular weight is 310 g/mol. The molecule has 0 atom stereocenters. The number of aliphatic carboxylic acids is 1. The van der Waals surface area contributed by atoms with Gasteiger partial charge in [-0.2, -0.15) is 0 Å². The Morgan fingerprint density at radius 3 is 1.41 bits per heavy atom. The number of carboxylic acid groups (broad SMARTS) is 1. The smallest absolute Gasteiger partial charge is 0.303 e. The highest BCUT2D eigenvalue weighted by molar-refractivity contribution is 6.63. The van der Waals surface area contributed by atoms with Crippen molar-refractivity contribution >= 4 is 40.8 Å². The fourth-order valence-electron chi connectivity index (χ4n) is 0.758. The number of rotatable bonds is 4. The van der Waals surface area contributed by atoms with E-state index < -0.39 is 10.3 Å². The molecule has 0 unspecified atom stereocenters. The Morgan fingerprint density at radius 2 is 1.41 bits per heavy atom. The topological polar surface area (TPSA) is 46.5 Å². The quantitative estimate of drug-likeness (QED) is 0.767. The molecule has 0 fully saturated rings. The number of hydrogen-bond acceptors (Lipinski definition) is 2. The van der Waals surface area contributed by atoms with Crippen LogP contribution in [-0.2, 0) is 9.53 Å². The predicted molar refractivity (Wildman–Crippen MR) is 75.2 cm³/mol. The van der Waals surface area contributed by atoms with E-state index in [1.54, 1.807) is 0 Å². The fraction of sp³-hybridized carbons (Fsp3) is 0.909. The van der Waals surface area contributed by atoms with Crippen molar-refractivity contribution in [3.63, 3.8) is 0 Å². The highest BCUT2D eigenvalue weighted by atomic mass is 35.6. The van der Waals surface area contributed by atoms with Gasteiger partial charge in [0.2, 0.25) is 0 Å². The molecular formula is C11H23Cl3O3. The van der Waals surface area contributed by atoms with Crippen LogP contribution in [0.15, 0.2) is 0 Å². The van der Waals surface area contributed by atoms with E-state index in [4.69, 9.17) is 44.6 Å². The van der Waals surface area contributed by atoms with Crippen LogP contribution in [0.3, 0.4) is 0 Å². The summed E-state index contributed by atoms with van der Waals surface area (Å²) >= 11 is 14.4. The Bertz CT molecular complexity index is 153. The number of hydrogen-bond donors (Lipinski definition) is 1. The molecular weight excluding hydrogens is 286 g/mol. The zero-order chi connectivity index (χ0) is 14.4. The van der Waals surface area contributed by atoms with Crippen LogP contribution in [0.25, 0.3) is 0 Å². The normalized spacial score (nSPS) is 9.59. The van der Waals surface area contributed by atoms with Gasteiger partial charge in [-0.1, -0.05) is 41.7 Å². The summed E-state index contributed by atoms with van der Waals surface area (Å²) in [5, 5.41) is 7.91. The van der Waals surface area contributed by atoms with Crippen molar-refractivity contribution in [1.82, 2.24) is 0 Å². The van der Waals surface area contributed by atoms with Crippen LogP contribution in [0.5, 0.6) is 0 Å². The second-order valence-electron chi connectivity index (χ2n) is 3.62. The molecule has 0 radical (unpaired) electrons. The van der Waals surface area contributed by atoms with Crippen molar-refractivity contribution in [3.05, 3.63) is 0 Å². The SMILES string of the molecule is CC(C)OC(C)C.CCCC(=O)O.ClC(Cl)Cl. The Balaban J connectivity index is -0.000000180. The summed E-state index contributed by atoms with van der Waals surface area (Å²) in [7, 11) is 0. The van der Waals surface area contributed by atoms with Crippen molar-refractivity contribution in [2.75, 3.05) is 0 Å². The number of alkyl halides is 3. The standard InChI is InChI=1S/C6H14O.C4H8O2.CHCl3/c1-5(2)7-6(3)4;1-2-3-4(5)6;2-1(3)4/h5-6H,1-4H3;2-3H2,1H3,(H,5,6);1H. The summed E-state index contributed by atoms with van der Waals surface area (Å²) in [5.41, 5.74) is 0. The van der Waals surface area contributed by atoms with Gasteiger partial charge in [0.25, 0.3) is 0 Å². The first kappa shape index (κ1) is 22.5. The van der Waals surface area contributed by atoms with Crippen LogP contribution < -0.4 is 0 Å². The molecule has 0 amide bonds. The molecule has 0 aliphatic rings. The molecule has 0 bridgehead atoms. The molecule has 0 heterocycles. The Hall–Kier alpha value is 0.300. The summed E-state index contributed by atoms with van der Waals surface area (Å²) in [6.07, 6.45) is 1.77. The molecule has 0 saturated heterocycles. The van der Waals surface area contributed by atoms with Gasteiger partial charge in [-0.05, 0) is 34.1 Å². The van der Waals surface area contributed by atoms with Gasteiger partial charge >= 0.3 is 5.97 Å². The van der Waals surface area contributed by atoms with E-state index >= 15 is 0 Å². The van der Waals surface area contributed by atoms with Crippen molar-refractivity contribution in [2.45, 2.75) is 64.0 Å². The highest BCUT2D eigenvalue weighted by Crippen LogP contribution is 2.03. The fourth-order valence-corrected chi connectivity index (χ4v) is 0.758. The molecule has 1 N–H and O–H groups in total. The minimum absolute atomic E-state index is 0.292. The van der Waals surface area contributed by atoms with Crippen molar-refractivity contribution in [1.29, 1.82) is 0 Å². The minimum atomic E-state index is -0.750. The Morgan fingerprint density at radius 1 is 1.12 bits per heavy atom. The van der Waals surface area contributed by atoms with Crippen LogP contribution in [-0.4, -0.2) is 27.6 Å². The van der Waals surface area contributed by atoms with Crippen LogP contribution >= 0.6 is 34.8 Å². The lowest BCUT2D eigenvalue weighted by Gasteiger charge is -2.09. The van der Waals surface area contributed by atoms with E-state index in [2.05, 4.69) is 0 Å². The molecule has 17 heavy (non-hydrogen) atoms. The molecule has 3 nitrogen and oxygen atoms in total. The lowest BCUT2D eigenvalue weighted by molar-refractivity contribution is -0.137. The third-order valence-corrected chi connectivity index (χ3v) is 1.01. The first-order valence-corrected chi connectivity index (χ1v) is 6.73. The molecule has 0 aliphatic carbocycles. The van der Waals surface area contributed by atoms with Gasteiger partial charge in [0.15, 0.2) is 4.30 Å². The Kier molecular flexibility index (Phi) is 21.6. The number of carbonyl (C=O) groups is 1. The van der Waals surface area contributed by atoms with Gasteiger partial charge in [0.05, 0.1) is 12.2 Å². The summed E-state index contributed by atoms with van der Waals surface area (Å²) in [6, 6.07) is 0. The van der Waals surface area contributed by atoms with E-state index in [1.807, 2.05) is 34.6 Å². The van der Waals surface area contributed by atoms with Crippen molar-refractivity contribution in [3.8, 4) is 0 Å². The summed E-state index contributed by atoms with van der Waals surface area (Å²) in [5.74, 6) is -0.711. The lowest BCUT2D eigenvalue weighted by Crippen LogP contribution is -2.09. The van der Waals surface area contributed by atoms with Crippen LogP contribution in [0, 0.1) is 0 Å². The maximum absolute atomic E-state index is 9.60. The van der Waals surface area contributed by atoms with E-state index in [1.165, 1.54) is 0 Å². The van der Waals surface area contributed by atoms with Crippen LogP contribution in [0.4, 0.5) is 0 Å². The second-order valence-corrected chi connectivity index (χ2v) is 5.60. The highest BCUT2D eigenvalue weighted by Gasteiger charge is 1.94. The third kappa shape index (κ3) is 62.5. The Labute approximate surface area is 119 Å². The zero-order valence-electron chi connectivity index (χ0n) is 11.0. The van der Waals surface area contributed by atoms with Gasteiger partial charge in [-0.3, -0.25) is 4.79 Å². The maximum atomic E-state index is 9.60. The second kappa shape index (κ2) is 16.3. The van der Waals surface area contributed by atoms with Gasteiger partial charge < -0.3 is 9.84 Å². The average Bonchev–Trinajstić information content (AvgIpc) is 1.99. The third-order valence-electron chi connectivity index (χ3n) is 1.01. The minimum Gasteiger partial charge on any atom is -0.481 e. The van der Waals surface area contributed by atoms with Crippen LogP contribution in [0.1, 0.15) is 47.5 Å². The van der Waals surface area contributed by atoms with Gasteiger partial charge in [0, 0.05) is 6.42 Å². The molecule has 106 valence electrons. The van der Waals surface area contributed by atoms with Crippen LogP contribution in [0.2, 0.25) is 0 Å². The number of halogens is 3. The lowest BCUT2D eigenvalue weighted by atomic mass is 10.4. The molecule has 0 rings (SSSR count). The van der Waals surface area contributed by atoms with E-state index in [0.29, 0.717) is 18.6 Å². The van der Waals surface area contributed by atoms with Gasteiger partial charge in [-0.15, -0.1) is 0 Å². The summed E-state index contributed by atoms with van der Waals surface area (Å²) in [6.45, 7) is 10.0. The molecule has 0 aromatic rings. The summed E-state index contributed by atoms with van der Waals surface area (Å²) in [4.78, 5) is 9.60. The monoisotopic (exact) mass is 308 g/mol. The predicted octanol–water partition coefficient (Wildman–Crippen LogP) is 4.68. The van der Waals surface area contributed by atoms with E-state index in [0.717, 1.165) is 6.42 Å². The van der Waals surface area contributed by atoms with E-state index in [-0.39, 0.29) is 0 Å². The number of carboxylic acids is 1. The van der Waals surface area contributed by atoms with Crippen molar-refractivity contribution < 1.29 is 14.6 Å². The molecule has 6 heteroatoms. The molecule has 0 aromatic carbocycles. The molecule has 0 saturated carbocycles. The number of ether oxygens (including phenoxy) is 1. The largest absolute Gasteiger partial charge is 0.481 e. The first-order valence-electron chi connectivity index (χ1n) is 5.42. The maximum Gasteiger partial charge on any atom is 0.303 e. The zero-order valence-corrected chi connectivity index (χ0v) is 13.3.